The van der Waals surface area contributed by atoms with Gasteiger partial charge in [-0.1, -0.05) is 24.3 Å². The number of pyridine rings is 2. The lowest BCUT2D eigenvalue weighted by Crippen LogP contribution is -2.16. The monoisotopic (exact) mass is 383 g/mol. The molecule has 4 rings (SSSR count). The van der Waals surface area contributed by atoms with Gasteiger partial charge in [0, 0.05) is 18.1 Å². The molecule has 0 aliphatic rings. The molecule has 0 aliphatic heterocycles. The maximum Gasteiger partial charge on any atom is 0.259 e. The fourth-order valence-corrected chi connectivity index (χ4v) is 2.59. The van der Waals surface area contributed by atoms with Crippen molar-refractivity contribution in [2.75, 3.05) is 10.6 Å². The number of hydrogen-bond donors (Lipinski definition) is 2. The van der Waals surface area contributed by atoms with Crippen molar-refractivity contribution >= 4 is 23.4 Å². The molecule has 0 radical (unpaired) electrons. The van der Waals surface area contributed by atoms with Gasteiger partial charge in [-0.3, -0.25) is 15.1 Å². The predicted octanol–water partition coefficient (Wildman–Crippen LogP) is 3.63. The quantitative estimate of drug-likeness (QED) is 0.542. The molecule has 142 valence electrons. The van der Waals surface area contributed by atoms with E-state index in [1.54, 1.807) is 31.3 Å². The molecule has 0 fully saturated rings. The Labute approximate surface area is 167 Å². The zero-order valence-electron chi connectivity index (χ0n) is 15.6. The molecular weight excluding hydrogens is 366 g/mol. The third-order valence-electron chi connectivity index (χ3n) is 3.94. The summed E-state index contributed by atoms with van der Waals surface area (Å²) in [5.74, 6) is 1.32. The van der Waals surface area contributed by atoms with Crippen LogP contribution in [0.1, 0.15) is 16.2 Å². The highest BCUT2D eigenvalue weighted by molar-refractivity contribution is 6.03. The van der Waals surface area contributed by atoms with E-state index in [9.17, 15) is 4.79 Å². The summed E-state index contributed by atoms with van der Waals surface area (Å²) in [5.41, 5.74) is 1.91. The first-order valence-electron chi connectivity index (χ1n) is 8.91. The normalized spacial score (nSPS) is 10.4. The number of para-hydroxylation sites is 1. The number of rotatable bonds is 5. The average molecular weight is 383 g/mol. The number of nitrogens with zero attached hydrogens (tertiary/aromatic N) is 5. The van der Waals surface area contributed by atoms with Crippen LogP contribution in [0.2, 0.25) is 0 Å². The van der Waals surface area contributed by atoms with Gasteiger partial charge in [0.15, 0.2) is 5.82 Å². The Bertz CT molecular complexity index is 1120. The molecule has 0 unspecified atom stereocenters. The Morgan fingerprint density at radius 2 is 1.69 bits per heavy atom. The van der Waals surface area contributed by atoms with Crippen molar-refractivity contribution in [1.29, 1.82) is 0 Å². The van der Waals surface area contributed by atoms with E-state index < -0.39 is 0 Å². The summed E-state index contributed by atoms with van der Waals surface area (Å²) in [7, 11) is 0. The smallest absolute Gasteiger partial charge is 0.259 e. The van der Waals surface area contributed by atoms with E-state index in [1.807, 2.05) is 42.5 Å². The summed E-state index contributed by atoms with van der Waals surface area (Å²) < 4.78 is 0. The second-order valence-corrected chi connectivity index (χ2v) is 6.12. The first-order valence-corrected chi connectivity index (χ1v) is 8.91. The number of anilines is 3. The molecule has 0 saturated carbocycles. The van der Waals surface area contributed by atoms with Crippen LogP contribution in [0.4, 0.5) is 17.5 Å². The molecule has 4 aromatic rings. The van der Waals surface area contributed by atoms with Gasteiger partial charge in [0.05, 0.1) is 5.56 Å². The van der Waals surface area contributed by atoms with Gasteiger partial charge in [-0.2, -0.15) is 9.97 Å². The Balaban J connectivity index is 1.49. The lowest BCUT2D eigenvalue weighted by atomic mass is 10.2. The molecule has 1 aromatic carbocycles. The van der Waals surface area contributed by atoms with Crippen LogP contribution in [0, 0.1) is 6.92 Å². The summed E-state index contributed by atoms with van der Waals surface area (Å²) in [4.78, 5) is 33.8. The maximum absolute atomic E-state index is 12.6. The minimum atomic E-state index is -0.360. The van der Waals surface area contributed by atoms with E-state index in [0.29, 0.717) is 28.7 Å². The largest absolute Gasteiger partial charge is 0.340 e. The highest BCUT2D eigenvalue weighted by Gasteiger charge is 2.12. The Hall–Kier alpha value is -4.20. The number of carbonyl (C=O) groups excluding carboxylic acids is 1. The molecule has 0 spiro atoms. The molecule has 29 heavy (non-hydrogen) atoms. The number of benzene rings is 1. The lowest BCUT2D eigenvalue weighted by molar-refractivity contribution is 0.102. The number of aryl methyl sites for hydroxylation is 1. The third-order valence-corrected chi connectivity index (χ3v) is 3.94. The van der Waals surface area contributed by atoms with Crippen LogP contribution in [-0.4, -0.2) is 30.8 Å². The fraction of sp³-hybridized carbons (Fsp3) is 0.0476. The topological polar surface area (TPSA) is 106 Å². The Kier molecular flexibility index (Phi) is 5.15. The molecule has 8 nitrogen and oxygen atoms in total. The molecule has 3 aromatic heterocycles. The van der Waals surface area contributed by atoms with E-state index in [4.69, 9.17) is 0 Å². The van der Waals surface area contributed by atoms with Crippen molar-refractivity contribution in [3.05, 3.63) is 84.4 Å². The number of amides is 1. The SMILES string of the molecule is Cc1nc(NC(=O)c2ccc(Nc3ccccc3)nc2)nc(-c2ccccn2)n1. The van der Waals surface area contributed by atoms with E-state index in [1.165, 1.54) is 6.20 Å². The standard InChI is InChI=1S/C21H17N7O/c1-14-24-19(17-9-5-6-12-22-17)27-21(25-14)28-20(29)15-10-11-18(23-13-15)26-16-7-3-2-4-8-16/h2-13H,1H3,(H,23,26)(H,24,25,27,28,29). The Morgan fingerprint density at radius 1 is 0.862 bits per heavy atom. The van der Waals surface area contributed by atoms with E-state index >= 15 is 0 Å². The predicted molar refractivity (Wildman–Crippen MR) is 110 cm³/mol. The van der Waals surface area contributed by atoms with Crippen molar-refractivity contribution in [2.24, 2.45) is 0 Å². The Morgan fingerprint density at radius 3 is 2.41 bits per heavy atom. The van der Waals surface area contributed by atoms with Gasteiger partial charge >= 0.3 is 0 Å². The molecule has 3 heterocycles. The van der Waals surface area contributed by atoms with Gasteiger partial charge in [-0.15, -0.1) is 0 Å². The number of carbonyl (C=O) groups is 1. The van der Waals surface area contributed by atoms with Crippen molar-refractivity contribution in [1.82, 2.24) is 24.9 Å². The van der Waals surface area contributed by atoms with E-state index in [-0.39, 0.29) is 11.9 Å². The molecule has 0 aliphatic carbocycles. The number of nitrogens with one attached hydrogen (secondary N) is 2. The van der Waals surface area contributed by atoms with Gasteiger partial charge in [0.1, 0.15) is 17.3 Å². The highest BCUT2D eigenvalue weighted by atomic mass is 16.1. The van der Waals surface area contributed by atoms with Crippen molar-refractivity contribution in [3.63, 3.8) is 0 Å². The van der Waals surface area contributed by atoms with Crippen molar-refractivity contribution in [3.8, 4) is 11.5 Å². The second kappa shape index (κ2) is 8.22. The summed E-state index contributed by atoms with van der Waals surface area (Å²) in [6.45, 7) is 1.73. The van der Waals surface area contributed by atoms with E-state index in [2.05, 4.69) is 35.6 Å². The van der Waals surface area contributed by atoms with Crippen LogP contribution in [0.15, 0.2) is 73.1 Å². The van der Waals surface area contributed by atoms with Gasteiger partial charge in [-0.05, 0) is 43.3 Å². The zero-order chi connectivity index (χ0) is 20.1. The summed E-state index contributed by atoms with van der Waals surface area (Å²) in [6, 6.07) is 18.5. The molecular formula is C21H17N7O. The first-order chi connectivity index (χ1) is 14.2. The average Bonchev–Trinajstić information content (AvgIpc) is 2.75. The minimum absolute atomic E-state index is 0.162. The summed E-state index contributed by atoms with van der Waals surface area (Å²) >= 11 is 0. The molecule has 0 atom stereocenters. The van der Waals surface area contributed by atoms with Crippen LogP contribution >= 0.6 is 0 Å². The van der Waals surface area contributed by atoms with Gasteiger partial charge < -0.3 is 5.32 Å². The van der Waals surface area contributed by atoms with Crippen LogP contribution in [-0.2, 0) is 0 Å². The lowest BCUT2D eigenvalue weighted by Gasteiger charge is -2.08. The molecule has 0 saturated heterocycles. The van der Waals surface area contributed by atoms with Crippen LogP contribution in [0.5, 0.6) is 0 Å². The van der Waals surface area contributed by atoms with Crippen LogP contribution in [0.25, 0.3) is 11.5 Å². The molecule has 2 N–H and O–H groups in total. The number of aromatic nitrogens is 5. The third kappa shape index (κ3) is 4.56. The van der Waals surface area contributed by atoms with Crippen LogP contribution < -0.4 is 10.6 Å². The fourth-order valence-electron chi connectivity index (χ4n) is 2.59. The van der Waals surface area contributed by atoms with Gasteiger partial charge in [-0.25, -0.2) is 9.97 Å². The van der Waals surface area contributed by atoms with Gasteiger partial charge in [0.25, 0.3) is 5.91 Å². The molecule has 0 bridgehead atoms. The molecule has 1 amide bonds. The van der Waals surface area contributed by atoms with Crippen molar-refractivity contribution in [2.45, 2.75) is 6.92 Å². The van der Waals surface area contributed by atoms with Crippen molar-refractivity contribution < 1.29 is 4.79 Å². The minimum Gasteiger partial charge on any atom is -0.340 e. The summed E-state index contributed by atoms with van der Waals surface area (Å²) in [5, 5.41) is 5.86. The second-order valence-electron chi connectivity index (χ2n) is 6.12. The van der Waals surface area contributed by atoms with Crippen LogP contribution in [0.3, 0.4) is 0 Å². The first kappa shape index (κ1) is 18.2. The van der Waals surface area contributed by atoms with E-state index in [0.717, 1.165) is 5.69 Å². The highest BCUT2D eigenvalue weighted by Crippen LogP contribution is 2.16. The summed E-state index contributed by atoms with van der Waals surface area (Å²) in [6.07, 6.45) is 3.15. The van der Waals surface area contributed by atoms with Gasteiger partial charge in [0.2, 0.25) is 5.95 Å². The number of hydrogen-bond acceptors (Lipinski definition) is 7. The maximum atomic E-state index is 12.6. The zero-order valence-corrected chi connectivity index (χ0v) is 15.6. The molecule has 8 heteroatoms.